The molecule has 2 unspecified atom stereocenters. The third-order valence-electron chi connectivity index (χ3n) is 6.63. The van der Waals surface area contributed by atoms with E-state index < -0.39 is 12.2 Å². The molecule has 3 aromatic rings. The van der Waals surface area contributed by atoms with Gasteiger partial charge in [0.05, 0.1) is 13.2 Å². The van der Waals surface area contributed by atoms with Crippen molar-refractivity contribution in [2.24, 2.45) is 0 Å². The normalized spacial score (nSPS) is 13.2. The SMILES string of the molecule is CCCCCCOCC(O)COc1c2ccccc2c(OCC(O)COCCCCCC)c2cc(Br)ccc12. The second kappa shape index (κ2) is 17.7. The lowest BCUT2D eigenvalue weighted by Gasteiger charge is -2.20. The molecular formula is C32H45BrO6. The van der Waals surface area contributed by atoms with Crippen molar-refractivity contribution in [2.75, 3.05) is 39.6 Å². The first-order valence-corrected chi connectivity index (χ1v) is 15.3. The lowest BCUT2D eigenvalue weighted by Crippen LogP contribution is -2.24. The molecule has 2 N–H and O–H groups in total. The van der Waals surface area contributed by atoms with Crippen LogP contribution < -0.4 is 9.47 Å². The average molecular weight is 606 g/mol. The molecule has 39 heavy (non-hydrogen) atoms. The Morgan fingerprint density at radius 3 is 1.62 bits per heavy atom. The topological polar surface area (TPSA) is 77.4 Å². The minimum absolute atomic E-state index is 0.120. The fourth-order valence-corrected chi connectivity index (χ4v) is 4.90. The zero-order valence-corrected chi connectivity index (χ0v) is 25.1. The summed E-state index contributed by atoms with van der Waals surface area (Å²) in [5.41, 5.74) is 0. The molecule has 0 aliphatic carbocycles. The number of aliphatic hydroxyl groups is 2. The molecule has 0 spiro atoms. The van der Waals surface area contributed by atoms with E-state index in [9.17, 15) is 10.2 Å². The van der Waals surface area contributed by atoms with Crippen LogP contribution in [0.2, 0.25) is 0 Å². The molecule has 0 aromatic heterocycles. The van der Waals surface area contributed by atoms with E-state index in [1.165, 1.54) is 25.7 Å². The lowest BCUT2D eigenvalue weighted by atomic mass is 10.0. The van der Waals surface area contributed by atoms with E-state index in [1.807, 2.05) is 42.5 Å². The smallest absolute Gasteiger partial charge is 0.135 e. The average Bonchev–Trinajstić information content (AvgIpc) is 2.94. The van der Waals surface area contributed by atoms with Gasteiger partial charge < -0.3 is 29.2 Å². The van der Waals surface area contributed by atoms with Crippen LogP contribution in [-0.2, 0) is 9.47 Å². The summed E-state index contributed by atoms with van der Waals surface area (Å²) >= 11 is 3.59. The summed E-state index contributed by atoms with van der Waals surface area (Å²) in [6.45, 7) is 6.40. The molecule has 0 saturated heterocycles. The number of fused-ring (bicyclic) bond motifs is 2. The van der Waals surface area contributed by atoms with Gasteiger partial charge in [0.15, 0.2) is 0 Å². The van der Waals surface area contributed by atoms with E-state index in [0.717, 1.165) is 51.7 Å². The number of benzene rings is 3. The number of hydrogen-bond donors (Lipinski definition) is 2. The van der Waals surface area contributed by atoms with Crippen LogP contribution in [0.5, 0.6) is 11.5 Å². The van der Waals surface area contributed by atoms with Gasteiger partial charge in [-0.05, 0) is 31.0 Å². The molecule has 7 heteroatoms. The van der Waals surface area contributed by atoms with Crippen molar-refractivity contribution < 1.29 is 29.2 Å². The molecule has 0 aliphatic heterocycles. The molecule has 216 valence electrons. The molecule has 0 fully saturated rings. The number of hydrogen-bond acceptors (Lipinski definition) is 6. The Balaban J connectivity index is 1.70. The van der Waals surface area contributed by atoms with Gasteiger partial charge in [-0.1, -0.05) is 92.6 Å². The van der Waals surface area contributed by atoms with E-state index in [4.69, 9.17) is 18.9 Å². The molecule has 0 radical (unpaired) electrons. The van der Waals surface area contributed by atoms with Crippen molar-refractivity contribution in [3.05, 3.63) is 46.9 Å². The minimum atomic E-state index is -0.731. The summed E-state index contributed by atoms with van der Waals surface area (Å²) in [6, 6.07) is 13.8. The number of halogens is 1. The Morgan fingerprint density at radius 1 is 0.615 bits per heavy atom. The third kappa shape index (κ3) is 10.2. The van der Waals surface area contributed by atoms with Gasteiger partial charge in [-0.2, -0.15) is 0 Å². The summed E-state index contributed by atoms with van der Waals surface area (Å²) in [7, 11) is 0. The van der Waals surface area contributed by atoms with Crippen molar-refractivity contribution in [3.63, 3.8) is 0 Å². The van der Waals surface area contributed by atoms with Crippen molar-refractivity contribution in [1.82, 2.24) is 0 Å². The maximum atomic E-state index is 10.5. The minimum Gasteiger partial charge on any atom is -0.489 e. The number of unbranched alkanes of at least 4 members (excludes halogenated alkanes) is 6. The zero-order chi connectivity index (χ0) is 27.9. The maximum Gasteiger partial charge on any atom is 0.135 e. The highest BCUT2D eigenvalue weighted by Gasteiger charge is 2.19. The first-order valence-electron chi connectivity index (χ1n) is 14.5. The molecule has 0 bridgehead atoms. The van der Waals surface area contributed by atoms with Crippen LogP contribution in [0.25, 0.3) is 21.5 Å². The van der Waals surface area contributed by atoms with Gasteiger partial charge >= 0.3 is 0 Å². The Morgan fingerprint density at radius 2 is 1.10 bits per heavy atom. The van der Waals surface area contributed by atoms with Gasteiger partial charge in [-0.15, -0.1) is 0 Å². The summed E-state index contributed by atoms with van der Waals surface area (Å²) in [5.74, 6) is 1.38. The van der Waals surface area contributed by atoms with E-state index in [0.29, 0.717) is 24.7 Å². The highest BCUT2D eigenvalue weighted by Crippen LogP contribution is 2.43. The largest absolute Gasteiger partial charge is 0.489 e. The molecule has 0 saturated carbocycles. The second-order valence-corrected chi connectivity index (χ2v) is 11.0. The highest BCUT2D eigenvalue weighted by atomic mass is 79.9. The van der Waals surface area contributed by atoms with Gasteiger partial charge in [0.2, 0.25) is 0 Å². The predicted molar refractivity (Wildman–Crippen MR) is 162 cm³/mol. The molecule has 0 heterocycles. The van der Waals surface area contributed by atoms with Gasteiger partial charge in [0.1, 0.15) is 36.9 Å². The van der Waals surface area contributed by atoms with E-state index in [1.54, 1.807) is 0 Å². The molecular weight excluding hydrogens is 560 g/mol. The Bertz CT molecular complexity index is 1120. The Kier molecular flexibility index (Phi) is 14.4. The first-order chi connectivity index (χ1) is 19.0. The van der Waals surface area contributed by atoms with Crippen LogP contribution in [0, 0.1) is 0 Å². The number of aliphatic hydroxyl groups excluding tert-OH is 2. The maximum absolute atomic E-state index is 10.5. The van der Waals surface area contributed by atoms with Gasteiger partial charge in [-0.3, -0.25) is 0 Å². The lowest BCUT2D eigenvalue weighted by molar-refractivity contribution is 0.0111. The fraction of sp³-hybridized carbons (Fsp3) is 0.562. The van der Waals surface area contributed by atoms with Crippen LogP contribution >= 0.6 is 15.9 Å². The number of rotatable bonds is 20. The van der Waals surface area contributed by atoms with Crippen molar-refractivity contribution >= 4 is 37.5 Å². The van der Waals surface area contributed by atoms with E-state index in [-0.39, 0.29) is 26.4 Å². The second-order valence-electron chi connectivity index (χ2n) is 10.1. The predicted octanol–water partition coefficient (Wildman–Crippen LogP) is 7.43. The monoisotopic (exact) mass is 604 g/mol. The van der Waals surface area contributed by atoms with Crippen molar-refractivity contribution in [2.45, 2.75) is 77.4 Å². The van der Waals surface area contributed by atoms with Crippen molar-refractivity contribution in [3.8, 4) is 11.5 Å². The van der Waals surface area contributed by atoms with Crippen LogP contribution in [0.1, 0.15) is 65.2 Å². The Labute approximate surface area is 241 Å². The van der Waals surface area contributed by atoms with E-state index >= 15 is 0 Å². The van der Waals surface area contributed by atoms with Gasteiger partial charge in [0.25, 0.3) is 0 Å². The van der Waals surface area contributed by atoms with Crippen LogP contribution in [0.4, 0.5) is 0 Å². The summed E-state index contributed by atoms with van der Waals surface area (Å²) in [5, 5.41) is 24.5. The van der Waals surface area contributed by atoms with Crippen LogP contribution in [-0.4, -0.2) is 62.1 Å². The summed E-state index contributed by atoms with van der Waals surface area (Å²) < 4.78 is 24.7. The fourth-order valence-electron chi connectivity index (χ4n) is 4.54. The zero-order valence-electron chi connectivity index (χ0n) is 23.5. The molecule has 3 rings (SSSR count). The summed E-state index contributed by atoms with van der Waals surface area (Å²) in [6.07, 6.45) is 7.63. The van der Waals surface area contributed by atoms with Crippen LogP contribution in [0.15, 0.2) is 46.9 Å². The van der Waals surface area contributed by atoms with Crippen LogP contribution in [0.3, 0.4) is 0 Å². The first kappa shape index (κ1) is 31.6. The Hall–Kier alpha value is -1.90. The van der Waals surface area contributed by atoms with E-state index in [2.05, 4.69) is 29.8 Å². The number of ether oxygens (including phenoxy) is 4. The molecule has 3 aromatic carbocycles. The standard InChI is InChI=1S/C32H45BrO6/c1-3-5-7-11-17-36-20-25(34)22-38-31-27-13-9-10-14-28(27)32(30-19-24(33)15-16-29(30)31)39-23-26(35)21-37-18-12-8-6-4-2/h9-10,13-16,19,25-26,34-35H,3-8,11-12,17-18,20-23H2,1-2H3. The third-order valence-corrected chi connectivity index (χ3v) is 7.13. The van der Waals surface area contributed by atoms with Gasteiger partial charge in [-0.25, -0.2) is 0 Å². The molecule has 6 nitrogen and oxygen atoms in total. The quantitative estimate of drug-likeness (QED) is 0.103. The summed E-state index contributed by atoms with van der Waals surface area (Å²) in [4.78, 5) is 0. The molecule has 0 amide bonds. The highest BCUT2D eigenvalue weighted by molar-refractivity contribution is 9.10. The molecule has 0 aliphatic rings. The molecule has 2 atom stereocenters. The van der Waals surface area contributed by atoms with Crippen molar-refractivity contribution in [1.29, 1.82) is 0 Å². The van der Waals surface area contributed by atoms with Gasteiger partial charge in [0, 0.05) is 39.2 Å².